The summed E-state index contributed by atoms with van der Waals surface area (Å²) in [7, 11) is 0. The van der Waals surface area contributed by atoms with Crippen LogP contribution in [0.15, 0.2) is 48.1 Å². The Morgan fingerprint density at radius 1 is 0.906 bits per heavy atom. The number of phenols is 1. The van der Waals surface area contributed by atoms with Crippen LogP contribution in [0.1, 0.15) is 111 Å². The van der Waals surface area contributed by atoms with Crippen molar-refractivity contribution in [3.8, 4) is 5.75 Å². The van der Waals surface area contributed by atoms with E-state index in [4.69, 9.17) is 9.84 Å². The number of rotatable bonds is 8. The summed E-state index contributed by atoms with van der Waals surface area (Å²) in [6.07, 6.45) is 13.8. The Labute approximate surface area is 312 Å². The van der Waals surface area contributed by atoms with E-state index in [9.17, 15) is 34.2 Å². The molecule has 4 saturated carbocycles. The molecule has 0 aliphatic heterocycles. The number of carbonyl (C=O) groups excluding carboxylic acids is 3. The van der Waals surface area contributed by atoms with E-state index in [0.29, 0.717) is 43.1 Å². The van der Waals surface area contributed by atoms with E-state index < -0.39 is 40.1 Å². The molecule has 10 heteroatoms. The molecule has 0 spiro atoms. The number of amides is 1. The normalized spacial score (nSPS) is 35.6. The number of benzene rings is 1. The van der Waals surface area contributed by atoms with Gasteiger partial charge in [0.1, 0.15) is 18.1 Å². The molecular formula is C43H55NO9. The molecule has 286 valence electrons. The van der Waals surface area contributed by atoms with E-state index in [-0.39, 0.29) is 52.0 Å². The van der Waals surface area contributed by atoms with Crippen molar-refractivity contribution in [3.05, 3.63) is 53.6 Å². The van der Waals surface area contributed by atoms with Crippen molar-refractivity contribution in [2.75, 3.05) is 11.9 Å². The molecule has 1 aromatic carbocycles. The standard InChI is InChI=1S/C43H55NO9/c1-38(2)19-20-42(37(51)52)21-22-43(25-53-36(50)14-7-26-23-27(45)8-10-30(26)44-34(47)12-13-35(48)49)28(29(42)24-38)9-11-32-40(5)17-16-33(46)39(3,4)31(40)15-18-41(32,43)6/h7-10,12-14,23,29,31-32,45H,11,15-22,24-25H2,1-6H3,(H,44,47)(H,48,49)(H,51,52)/b13-12+,14-7+/t29?,31?,32?,40?,41-,42+,43+/m1/s1. The molecule has 53 heavy (non-hydrogen) atoms. The first-order valence-corrected chi connectivity index (χ1v) is 19.1. The minimum atomic E-state index is -1.28. The highest BCUT2D eigenvalue weighted by Gasteiger charge is 2.71. The third kappa shape index (κ3) is 6.33. The van der Waals surface area contributed by atoms with Gasteiger partial charge in [-0.1, -0.05) is 53.2 Å². The van der Waals surface area contributed by atoms with Crippen LogP contribution < -0.4 is 5.32 Å². The first kappa shape index (κ1) is 38.5. The van der Waals surface area contributed by atoms with Gasteiger partial charge in [0.2, 0.25) is 5.91 Å². The number of carboxylic acids is 2. The van der Waals surface area contributed by atoms with Gasteiger partial charge in [-0.05, 0) is 116 Å². The minimum Gasteiger partial charge on any atom is -0.508 e. The second-order valence-corrected chi connectivity index (χ2v) is 18.4. The molecule has 7 atom stereocenters. The summed E-state index contributed by atoms with van der Waals surface area (Å²) in [5.74, 6) is -2.84. The Bertz CT molecular complexity index is 1820. The van der Waals surface area contributed by atoms with E-state index >= 15 is 0 Å². The molecule has 0 bridgehead atoms. The Morgan fingerprint density at radius 2 is 1.62 bits per heavy atom. The van der Waals surface area contributed by atoms with Crippen LogP contribution >= 0.6 is 0 Å². The van der Waals surface area contributed by atoms with Gasteiger partial charge < -0.3 is 25.4 Å². The average molecular weight is 730 g/mol. The fraction of sp³-hybridized carbons (Fsp3) is 0.605. The first-order chi connectivity index (χ1) is 24.7. The number of esters is 1. The van der Waals surface area contributed by atoms with Crippen molar-refractivity contribution in [2.45, 2.75) is 106 Å². The second kappa shape index (κ2) is 13.3. The maximum atomic E-state index is 13.7. The van der Waals surface area contributed by atoms with E-state index in [0.717, 1.165) is 50.2 Å². The summed E-state index contributed by atoms with van der Waals surface area (Å²) < 4.78 is 6.25. The van der Waals surface area contributed by atoms with E-state index in [1.54, 1.807) is 0 Å². The number of fused-ring (bicyclic) bond motifs is 7. The molecule has 4 fully saturated rings. The van der Waals surface area contributed by atoms with Crippen molar-refractivity contribution in [3.63, 3.8) is 0 Å². The van der Waals surface area contributed by atoms with Crippen LogP contribution in [0.5, 0.6) is 5.75 Å². The number of ketones is 1. The lowest BCUT2D eigenvalue weighted by Gasteiger charge is -2.70. The first-order valence-electron chi connectivity index (χ1n) is 19.1. The number of aromatic hydroxyl groups is 1. The van der Waals surface area contributed by atoms with Crippen LogP contribution in [-0.4, -0.2) is 51.5 Å². The van der Waals surface area contributed by atoms with Crippen LogP contribution in [0.3, 0.4) is 0 Å². The molecule has 1 aromatic rings. The van der Waals surface area contributed by atoms with Gasteiger partial charge in [0, 0.05) is 46.7 Å². The Morgan fingerprint density at radius 3 is 2.32 bits per heavy atom. The maximum absolute atomic E-state index is 13.7. The van der Waals surface area contributed by atoms with Crippen LogP contribution in [0.25, 0.3) is 6.08 Å². The quantitative estimate of drug-likeness (QED) is 0.0898. The van der Waals surface area contributed by atoms with E-state index in [1.165, 1.54) is 30.4 Å². The topological polar surface area (TPSA) is 167 Å². The monoisotopic (exact) mass is 729 g/mol. The van der Waals surface area contributed by atoms with Crippen molar-refractivity contribution in [2.24, 2.45) is 50.2 Å². The molecule has 5 aliphatic carbocycles. The van der Waals surface area contributed by atoms with Gasteiger partial charge in [0.05, 0.1) is 5.41 Å². The van der Waals surface area contributed by atoms with Crippen molar-refractivity contribution >= 4 is 41.4 Å². The van der Waals surface area contributed by atoms with Crippen LogP contribution in [-0.2, 0) is 28.7 Å². The van der Waals surface area contributed by atoms with Gasteiger partial charge in [-0.15, -0.1) is 0 Å². The molecule has 0 aromatic heterocycles. The number of aliphatic carboxylic acids is 2. The van der Waals surface area contributed by atoms with Gasteiger partial charge in [-0.3, -0.25) is 14.4 Å². The Hall–Kier alpha value is -4.21. The van der Waals surface area contributed by atoms with Crippen molar-refractivity contribution in [1.82, 2.24) is 0 Å². The highest BCUT2D eigenvalue weighted by atomic mass is 16.5. The molecule has 6 rings (SSSR count). The molecule has 10 nitrogen and oxygen atoms in total. The highest BCUT2D eigenvalue weighted by molar-refractivity contribution is 6.03. The summed E-state index contributed by atoms with van der Waals surface area (Å²) in [5.41, 5.74) is -0.670. The zero-order valence-electron chi connectivity index (χ0n) is 31.9. The SMILES string of the molecule is CC1(C)CC[C@]2(C(=O)O)CC[C@]3(COC(=O)/C=C/c4cc(O)ccc4NC(=O)/C=C/C(=O)O)C(=CCC4C5(C)CCC(=O)C(C)(C)C5CC[C@]43C)C2C1. The second-order valence-electron chi connectivity index (χ2n) is 18.4. The molecule has 0 heterocycles. The predicted octanol–water partition coefficient (Wildman–Crippen LogP) is 7.96. The van der Waals surface area contributed by atoms with E-state index in [2.05, 4.69) is 52.9 Å². The molecule has 0 radical (unpaired) electrons. The molecule has 1 amide bonds. The molecule has 4 N–H and O–H groups in total. The minimum absolute atomic E-state index is 0.0418. The zero-order valence-corrected chi connectivity index (χ0v) is 31.9. The number of hydrogen-bond donors (Lipinski definition) is 4. The average Bonchev–Trinajstić information content (AvgIpc) is 3.08. The number of carbonyl (C=O) groups is 5. The summed E-state index contributed by atoms with van der Waals surface area (Å²) >= 11 is 0. The Kier molecular flexibility index (Phi) is 9.64. The largest absolute Gasteiger partial charge is 0.508 e. The number of carboxylic acid groups (broad SMARTS) is 2. The molecule has 5 aliphatic rings. The van der Waals surface area contributed by atoms with Crippen LogP contribution in [0.2, 0.25) is 0 Å². The molecule has 0 saturated heterocycles. The fourth-order valence-electron chi connectivity index (χ4n) is 12.1. The highest BCUT2D eigenvalue weighted by Crippen LogP contribution is 2.75. The number of anilines is 1. The van der Waals surface area contributed by atoms with Gasteiger partial charge >= 0.3 is 17.9 Å². The zero-order chi connectivity index (χ0) is 38.8. The number of ether oxygens (including phenoxy) is 1. The summed E-state index contributed by atoms with van der Waals surface area (Å²) in [5, 5.41) is 32.5. The number of hydrogen-bond acceptors (Lipinski definition) is 7. The maximum Gasteiger partial charge on any atom is 0.330 e. The van der Waals surface area contributed by atoms with Crippen LogP contribution in [0.4, 0.5) is 5.69 Å². The number of phenolic OH excluding ortho intramolecular Hbond substituents is 1. The number of allylic oxidation sites excluding steroid dienone is 1. The lowest BCUT2D eigenvalue weighted by Crippen LogP contribution is -2.66. The predicted molar refractivity (Wildman–Crippen MR) is 200 cm³/mol. The van der Waals surface area contributed by atoms with Gasteiger partial charge in [0.15, 0.2) is 0 Å². The van der Waals surface area contributed by atoms with E-state index in [1.807, 2.05) is 0 Å². The number of Topliss-reactive ketones (excluding diaryl/α,β-unsaturated/α-hetero) is 1. The fourth-order valence-corrected chi connectivity index (χ4v) is 12.1. The summed E-state index contributed by atoms with van der Waals surface area (Å²) in [6, 6.07) is 4.19. The smallest absolute Gasteiger partial charge is 0.330 e. The summed E-state index contributed by atoms with van der Waals surface area (Å²) in [6.45, 7) is 13.5. The third-order valence-corrected chi connectivity index (χ3v) is 15.0. The summed E-state index contributed by atoms with van der Waals surface area (Å²) in [4.78, 5) is 63.4. The van der Waals surface area contributed by atoms with Gasteiger partial charge in [0.25, 0.3) is 0 Å². The number of nitrogens with one attached hydrogen (secondary N) is 1. The lowest BCUT2D eigenvalue weighted by atomic mass is 9.33. The van der Waals surface area contributed by atoms with Crippen molar-refractivity contribution < 1.29 is 44.0 Å². The van der Waals surface area contributed by atoms with Crippen LogP contribution in [0, 0.1) is 50.2 Å². The third-order valence-electron chi connectivity index (χ3n) is 15.0. The van der Waals surface area contributed by atoms with Gasteiger partial charge in [-0.25, -0.2) is 9.59 Å². The Balaban J connectivity index is 1.36. The molecule has 4 unspecified atom stereocenters. The lowest BCUT2D eigenvalue weighted by molar-refractivity contribution is -0.202. The van der Waals surface area contributed by atoms with Gasteiger partial charge in [-0.2, -0.15) is 0 Å². The van der Waals surface area contributed by atoms with Crippen molar-refractivity contribution in [1.29, 1.82) is 0 Å². The molecular weight excluding hydrogens is 674 g/mol.